The summed E-state index contributed by atoms with van der Waals surface area (Å²) >= 11 is 0. The summed E-state index contributed by atoms with van der Waals surface area (Å²) in [4.78, 5) is 28.7. The van der Waals surface area contributed by atoms with E-state index in [9.17, 15) is 18.4 Å². The van der Waals surface area contributed by atoms with Gasteiger partial charge in [-0.3, -0.25) is 19.4 Å². The second-order valence-electron chi connectivity index (χ2n) is 8.73. The molecular formula is C20H28F2N4O3. The predicted octanol–water partition coefficient (Wildman–Crippen LogP) is 1.59. The molecule has 2 bridgehead atoms. The summed E-state index contributed by atoms with van der Waals surface area (Å²) in [5, 5.41) is 5.56. The third-order valence-electron chi connectivity index (χ3n) is 5.13. The average Bonchev–Trinajstić information content (AvgIpc) is 2.61. The van der Waals surface area contributed by atoms with Crippen molar-refractivity contribution in [1.29, 1.82) is 0 Å². The van der Waals surface area contributed by atoms with Crippen LogP contribution in [0.15, 0.2) is 12.1 Å². The standard InChI is InChI=1S/C20H28F2N4O3/c1-20(2,3)24-18(28)11-26-13-7-14(26)9-25(8-13)10-17(27)23-12-5-15(21)19(22)16(6-12)29-4/h5-6,13-14H,7-11H2,1-4H3,(H,23,27)(H,24,28). The Bertz CT molecular complexity index is 785. The summed E-state index contributed by atoms with van der Waals surface area (Å²) in [7, 11) is 1.23. The summed E-state index contributed by atoms with van der Waals surface area (Å²) in [5.41, 5.74) is -0.114. The van der Waals surface area contributed by atoms with E-state index >= 15 is 0 Å². The number of methoxy groups -OCH3 is 1. The summed E-state index contributed by atoms with van der Waals surface area (Å²) in [6.45, 7) is 7.74. The number of piperidine rings is 1. The van der Waals surface area contributed by atoms with Gasteiger partial charge in [0, 0.05) is 48.5 Å². The number of nitrogens with zero attached hydrogens (tertiary/aromatic N) is 2. The molecule has 3 saturated heterocycles. The molecule has 1 aromatic carbocycles. The van der Waals surface area contributed by atoms with Gasteiger partial charge in [0.1, 0.15) is 0 Å². The number of amides is 2. The van der Waals surface area contributed by atoms with E-state index in [4.69, 9.17) is 4.74 Å². The van der Waals surface area contributed by atoms with Gasteiger partial charge < -0.3 is 15.4 Å². The van der Waals surface area contributed by atoms with E-state index in [2.05, 4.69) is 15.5 Å². The first-order valence-electron chi connectivity index (χ1n) is 9.67. The first-order valence-corrected chi connectivity index (χ1v) is 9.67. The fourth-order valence-electron chi connectivity index (χ4n) is 3.97. The molecule has 7 nitrogen and oxygen atoms in total. The second-order valence-corrected chi connectivity index (χ2v) is 8.73. The third-order valence-corrected chi connectivity index (χ3v) is 5.13. The number of carbonyl (C=O) groups excluding carboxylic acids is 2. The molecule has 2 atom stereocenters. The normalized spacial score (nSPS) is 22.0. The maximum Gasteiger partial charge on any atom is 0.238 e. The lowest BCUT2D eigenvalue weighted by atomic mass is 9.87. The minimum Gasteiger partial charge on any atom is -0.493 e. The van der Waals surface area contributed by atoms with Crippen molar-refractivity contribution in [2.75, 3.05) is 38.6 Å². The van der Waals surface area contributed by atoms with Crippen LogP contribution < -0.4 is 15.4 Å². The van der Waals surface area contributed by atoms with Gasteiger partial charge in [0.25, 0.3) is 0 Å². The minimum absolute atomic E-state index is 0.00526. The molecule has 0 spiro atoms. The minimum atomic E-state index is -1.09. The van der Waals surface area contributed by atoms with Crippen LogP contribution in [0.4, 0.5) is 14.5 Å². The van der Waals surface area contributed by atoms with Crippen molar-refractivity contribution >= 4 is 17.5 Å². The van der Waals surface area contributed by atoms with E-state index in [1.807, 2.05) is 25.7 Å². The smallest absolute Gasteiger partial charge is 0.238 e. The van der Waals surface area contributed by atoms with E-state index < -0.39 is 11.6 Å². The van der Waals surface area contributed by atoms with Gasteiger partial charge in [-0.05, 0) is 27.2 Å². The van der Waals surface area contributed by atoms with E-state index in [0.29, 0.717) is 19.6 Å². The maximum atomic E-state index is 13.6. The summed E-state index contributed by atoms with van der Waals surface area (Å²) in [6.07, 6.45) is 1.02. The Morgan fingerprint density at radius 3 is 2.38 bits per heavy atom. The molecule has 160 valence electrons. The Morgan fingerprint density at radius 1 is 1.14 bits per heavy atom. The maximum absolute atomic E-state index is 13.6. The van der Waals surface area contributed by atoms with E-state index in [1.54, 1.807) is 0 Å². The zero-order valence-corrected chi connectivity index (χ0v) is 17.2. The van der Waals surface area contributed by atoms with Crippen molar-refractivity contribution in [3.05, 3.63) is 23.8 Å². The van der Waals surface area contributed by atoms with Gasteiger partial charge in [-0.1, -0.05) is 0 Å². The largest absolute Gasteiger partial charge is 0.493 e. The number of carbonyl (C=O) groups is 2. The Kier molecular flexibility index (Phi) is 6.09. The monoisotopic (exact) mass is 410 g/mol. The van der Waals surface area contributed by atoms with Crippen LogP contribution in [-0.4, -0.2) is 72.5 Å². The Morgan fingerprint density at radius 2 is 1.79 bits per heavy atom. The number of anilines is 1. The molecule has 9 heteroatoms. The molecule has 2 N–H and O–H groups in total. The van der Waals surface area contributed by atoms with Crippen molar-refractivity contribution in [3.8, 4) is 5.75 Å². The molecule has 0 aromatic heterocycles. The SMILES string of the molecule is COc1cc(NC(=O)CN2CC3CC(C2)N3CC(=O)NC(C)(C)C)cc(F)c1F. The summed E-state index contributed by atoms with van der Waals surface area (Å²) in [6, 6.07) is 2.67. The van der Waals surface area contributed by atoms with Gasteiger partial charge >= 0.3 is 0 Å². The van der Waals surface area contributed by atoms with Crippen LogP contribution in [-0.2, 0) is 9.59 Å². The Labute approximate surface area is 169 Å². The lowest BCUT2D eigenvalue weighted by molar-refractivity contribution is -0.134. The fourth-order valence-corrected chi connectivity index (χ4v) is 3.97. The molecule has 3 heterocycles. The highest BCUT2D eigenvalue weighted by Crippen LogP contribution is 2.32. The van der Waals surface area contributed by atoms with Crippen LogP contribution in [0.25, 0.3) is 0 Å². The number of ether oxygens (including phenoxy) is 1. The van der Waals surface area contributed by atoms with Crippen LogP contribution >= 0.6 is 0 Å². The number of benzene rings is 1. The van der Waals surface area contributed by atoms with Crippen LogP contribution in [0.1, 0.15) is 27.2 Å². The molecule has 3 aliphatic rings. The van der Waals surface area contributed by atoms with Gasteiger partial charge in [-0.25, -0.2) is 4.39 Å². The van der Waals surface area contributed by atoms with Crippen LogP contribution in [0.2, 0.25) is 0 Å². The summed E-state index contributed by atoms with van der Waals surface area (Å²) in [5.74, 6) is -2.73. The van der Waals surface area contributed by atoms with Gasteiger partial charge in [0.15, 0.2) is 11.6 Å². The molecule has 1 aromatic rings. The fraction of sp³-hybridized carbons (Fsp3) is 0.600. The molecule has 0 radical (unpaired) electrons. The molecular weight excluding hydrogens is 382 g/mol. The number of piperazine rings is 1. The Balaban J connectivity index is 1.49. The molecule has 0 aliphatic carbocycles. The average molecular weight is 410 g/mol. The molecule has 3 aliphatic heterocycles. The van der Waals surface area contributed by atoms with Crippen LogP contribution in [0.5, 0.6) is 5.75 Å². The highest BCUT2D eigenvalue weighted by Gasteiger charge is 2.45. The number of halogens is 2. The quantitative estimate of drug-likeness (QED) is 0.745. The number of hydrogen-bond donors (Lipinski definition) is 2. The predicted molar refractivity (Wildman–Crippen MR) is 105 cm³/mol. The van der Waals surface area contributed by atoms with E-state index in [0.717, 1.165) is 12.5 Å². The first-order chi connectivity index (χ1) is 13.6. The third kappa shape index (κ3) is 5.22. The molecule has 2 amide bonds. The lowest BCUT2D eigenvalue weighted by Gasteiger charge is -2.56. The number of hydrogen-bond acceptors (Lipinski definition) is 5. The molecule has 4 rings (SSSR count). The van der Waals surface area contributed by atoms with Crippen LogP contribution in [0, 0.1) is 11.6 Å². The second kappa shape index (κ2) is 8.23. The highest BCUT2D eigenvalue weighted by molar-refractivity contribution is 5.92. The zero-order valence-electron chi connectivity index (χ0n) is 17.2. The van der Waals surface area contributed by atoms with E-state index in [1.165, 1.54) is 13.2 Å². The van der Waals surface area contributed by atoms with Crippen molar-refractivity contribution in [2.45, 2.75) is 44.8 Å². The number of rotatable bonds is 6. The zero-order chi connectivity index (χ0) is 21.3. The molecule has 0 saturated carbocycles. The van der Waals surface area contributed by atoms with Crippen molar-refractivity contribution in [2.24, 2.45) is 0 Å². The van der Waals surface area contributed by atoms with E-state index in [-0.39, 0.29) is 47.4 Å². The topological polar surface area (TPSA) is 73.9 Å². The first kappa shape index (κ1) is 21.4. The number of fused-ring (bicyclic) bond motifs is 2. The van der Waals surface area contributed by atoms with Gasteiger partial charge in [-0.15, -0.1) is 0 Å². The van der Waals surface area contributed by atoms with Gasteiger partial charge in [0.2, 0.25) is 17.6 Å². The van der Waals surface area contributed by atoms with Crippen LogP contribution in [0.3, 0.4) is 0 Å². The lowest BCUT2D eigenvalue weighted by Crippen LogP contribution is -2.70. The van der Waals surface area contributed by atoms with Crippen molar-refractivity contribution in [3.63, 3.8) is 0 Å². The summed E-state index contributed by atoms with van der Waals surface area (Å²) < 4.78 is 31.9. The molecule has 3 fully saturated rings. The Hall–Kier alpha value is -2.26. The highest BCUT2D eigenvalue weighted by atomic mass is 19.2. The van der Waals surface area contributed by atoms with Gasteiger partial charge in [0.05, 0.1) is 20.2 Å². The van der Waals surface area contributed by atoms with Gasteiger partial charge in [-0.2, -0.15) is 4.39 Å². The van der Waals surface area contributed by atoms with Crippen molar-refractivity contribution in [1.82, 2.24) is 15.1 Å². The van der Waals surface area contributed by atoms with Crippen molar-refractivity contribution < 1.29 is 23.1 Å². The number of nitrogens with one attached hydrogen (secondary N) is 2. The molecule has 29 heavy (non-hydrogen) atoms. The molecule has 2 unspecified atom stereocenters.